The van der Waals surface area contributed by atoms with Crippen molar-refractivity contribution in [3.8, 4) is 0 Å². The lowest BCUT2D eigenvalue weighted by Crippen LogP contribution is -2.26. The Hall–Kier alpha value is 0.0949. The number of rotatable bonds is 5. The number of nitrogens with two attached hydrogens (primary N) is 1. The molecule has 1 rings (SSSR count). The molecule has 0 aromatic heterocycles. The summed E-state index contributed by atoms with van der Waals surface area (Å²) in [5, 5.41) is 0. The van der Waals surface area contributed by atoms with Crippen LogP contribution in [0, 0.1) is 0 Å². The molecule has 0 aromatic carbocycles. The zero-order valence-electron chi connectivity index (χ0n) is 5.58. The zero-order chi connectivity index (χ0) is 7.40. The monoisotopic (exact) mass is 161 g/mol. The molecule has 4 nitrogen and oxygen atoms in total. The summed E-state index contributed by atoms with van der Waals surface area (Å²) in [6.45, 7) is 1.30. The minimum absolute atomic E-state index is 0.0814. The van der Waals surface area contributed by atoms with Crippen molar-refractivity contribution in [1.82, 2.24) is 4.72 Å². The van der Waals surface area contributed by atoms with Crippen LogP contribution in [0.5, 0.6) is 0 Å². The quantitative estimate of drug-likeness (QED) is 0.396. The van der Waals surface area contributed by atoms with Gasteiger partial charge in [0, 0.05) is 6.04 Å². The van der Waals surface area contributed by atoms with Gasteiger partial charge in [-0.2, -0.15) is 0 Å². The molecular formula is C4H10BN2O2S. The van der Waals surface area contributed by atoms with Crippen molar-refractivity contribution >= 4 is 17.6 Å². The molecule has 3 N–H and O–H groups in total. The van der Waals surface area contributed by atoms with Crippen molar-refractivity contribution in [2.24, 2.45) is 5.73 Å². The van der Waals surface area contributed by atoms with E-state index in [-0.39, 0.29) is 6.73 Å². The van der Waals surface area contributed by atoms with Gasteiger partial charge in [-0.05, 0) is 12.8 Å². The molecule has 0 amide bonds. The predicted molar refractivity (Wildman–Crippen MR) is 40.2 cm³/mol. The first kappa shape index (κ1) is 8.19. The maximum absolute atomic E-state index is 10.8. The highest BCUT2D eigenvalue weighted by atomic mass is 32.2. The molecule has 0 saturated heterocycles. The van der Waals surface area contributed by atoms with Gasteiger partial charge in [-0.1, -0.05) is 0 Å². The van der Waals surface area contributed by atoms with E-state index in [1.165, 1.54) is 6.76 Å². The van der Waals surface area contributed by atoms with Crippen LogP contribution in [-0.4, -0.2) is 23.7 Å². The lowest BCUT2D eigenvalue weighted by atomic mass is 10.5. The van der Waals surface area contributed by atoms with Crippen LogP contribution in [0.15, 0.2) is 0 Å². The molecule has 10 heavy (non-hydrogen) atoms. The number of hydrogen-bond acceptors (Lipinski definition) is 3. The van der Waals surface area contributed by atoms with E-state index in [0.29, 0.717) is 6.04 Å². The molecule has 0 aromatic rings. The van der Waals surface area contributed by atoms with Gasteiger partial charge in [-0.25, -0.2) is 4.72 Å². The van der Waals surface area contributed by atoms with Crippen molar-refractivity contribution in [2.45, 2.75) is 18.9 Å². The first-order valence-electron chi connectivity index (χ1n) is 3.14. The Bertz CT molecular complexity index is 130. The van der Waals surface area contributed by atoms with Crippen molar-refractivity contribution in [3.05, 3.63) is 0 Å². The Kier molecular flexibility index (Phi) is 3.34. The lowest BCUT2D eigenvalue weighted by Gasteiger charge is -1.99. The standard InChI is InChI=1S/C4H10BN2O2S/c6-3-9-5-10(8)7-4-1-2-4/h4,7H,1-3,6H2. The van der Waals surface area contributed by atoms with Gasteiger partial charge in [0.2, 0.25) is 0 Å². The third-order valence-electron chi connectivity index (χ3n) is 1.11. The fraction of sp³-hybridized carbons (Fsp3) is 1.00. The van der Waals surface area contributed by atoms with Crippen molar-refractivity contribution in [2.75, 3.05) is 6.73 Å². The molecule has 1 unspecified atom stereocenters. The van der Waals surface area contributed by atoms with Crippen LogP contribution >= 0.6 is 0 Å². The van der Waals surface area contributed by atoms with Crippen molar-refractivity contribution < 1.29 is 8.86 Å². The molecule has 0 heterocycles. The molecule has 57 valence electrons. The minimum Gasteiger partial charge on any atom is -0.413 e. The van der Waals surface area contributed by atoms with E-state index in [1.807, 2.05) is 0 Å². The fourth-order valence-corrected chi connectivity index (χ4v) is 1.32. The number of nitrogens with one attached hydrogen (secondary N) is 1. The summed E-state index contributed by atoms with van der Waals surface area (Å²) in [5.41, 5.74) is 5.01. The van der Waals surface area contributed by atoms with Crippen LogP contribution in [-0.2, 0) is 15.5 Å². The molecular weight excluding hydrogens is 151 g/mol. The molecule has 1 aliphatic carbocycles. The first-order chi connectivity index (χ1) is 4.83. The summed E-state index contributed by atoms with van der Waals surface area (Å²) in [4.78, 5) is 0. The smallest absolute Gasteiger partial charge is 0.413 e. The lowest BCUT2D eigenvalue weighted by molar-refractivity contribution is 0.358. The van der Waals surface area contributed by atoms with E-state index >= 15 is 0 Å². The highest BCUT2D eigenvalue weighted by molar-refractivity contribution is 8.07. The van der Waals surface area contributed by atoms with E-state index in [9.17, 15) is 4.21 Å². The van der Waals surface area contributed by atoms with Crippen LogP contribution in [0.1, 0.15) is 12.8 Å². The SMILES string of the molecule is NCO[B]S(=O)NC1CC1. The molecule has 0 aliphatic heterocycles. The summed E-state index contributed by atoms with van der Waals surface area (Å²) >= 11 is 0. The van der Waals surface area contributed by atoms with Gasteiger partial charge in [-0.3, -0.25) is 4.21 Å². The van der Waals surface area contributed by atoms with E-state index in [4.69, 9.17) is 5.73 Å². The average Bonchev–Trinajstić information content (AvgIpc) is 2.67. The van der Waals surface area contributed by atoms with Gasteiger partial charge >= 0.3 is 6.76 Å². The first-order valence-corrected chi connectivity index (χ1v) is 4.36. The van der Waals surface area contributed by atoms with Crippen LogP contribution in [0.25, 0.3) is 0 Å². The van der Waals surface area contributed by atoms with Crippen LogP contribution in [0.2, 0.25) is 0 Å². The van der Waals surface area contributed by atoms with Crippen molar-refractivity contribution in [3.63, 3.8) is 0 Å². The number of hydrogen-bond donors (Lipinski definition) is 2. The minimum atomic E-state index is -1.16. The van der Waals surface area contributed by atoms with Gasteiger partial charge in [0.05, 0.1) is 17.6 Å². The Balaban J connectivity index is 1.97. The molecule has 1 fully saturated rings. The topological polar surface area (TPSA) is 64.3 Å². The third-order valence-corrected chi connectivity index (χ3v) is 1.99. The van der Waals surface area contributed by atoms with E-state index in [2.05, 4.69) is 9.38 Å². The summed E-state index contributed by atoms with van der Waals surface area (Å²) < 4.78 is 18.3. The summed E-state index contributed by atoms with van der Waals surface area (Å²) in [6.07, 6.45) is 2.23. The van der Waals surface area contributed by atoms with E-state index in [1.54, 1.807) is 0 Å². The van der Waals surface area contributed by atoms with Crippen LogP contribution < -0.4 is 10.5 Å². The average molecular weight is 161 g/mol. The third kappa shape index (κ3) is 3.31. The Morgan fingerprint density at radius 2 is 2.50 bits per heavy atom. The van der Waals surface area contributed by atoms with Gasteiger partial charge in [0.25, 0.3) is 0 Å². The summed E-state index contributed by atoms with van der Waals surface area (Å²) in [6, 6.07) is 0.429. The van der Waals surface area contributed by atoms with Crippen molar-refractivity contribution in [1.29, 1.82) is 0 Å². The predicted octanol–water partition coefficient (Wildman–Crippen LogP) is -1.13. The molecule has 1 saturated carbocycles. The summed E-state index contributed by atoms with van der Waals surface area (Å²) in [5.74, 6) is 0. The normalized spacial score (nSPS) is 20.5. The zero-order valence-corrected chi connectivity index (χ0v) is 6.39. The molecule has 1 radical (unpaired) electrons. The highest BCUT2D eigenvalue weighted by Crippen LogP contribution is 2.18. The molecule has 0 bridgehead atoms. The fourth-order valence-electron chi connectivity index (χ4n) is 0.494. The summed E-state index contributed by atoms with van der Waals surface area (Å²) in [7, 11) is -1.16. The molecule has 1 atom stereocenters. The van der Waals surface area contributed by atoms with Gasteiger partial charge in [0.15, 0.2) is 0 Å². The maximum atomic E-state index is 10.8. The Morgan fingerprint density at radius 3 is 3.00 bits per heavy atom. The van der Waals surface area contributed by atoms with Gasteiger partial charge < -0.3 is 10.4 Å². The highest BCUT2D eigenvalue weighted by Gasteiger charge is 2.23. The second kappa shape index (κ2) is 4.07. The molecule has 0 spiro atoms. The van der Waals surface area contributed by atoms with E-state index in [0.717, 1.165) is 12.8 Å². The van der Waals surface area contributed by atoms with Gasteiger partial charge in [0.1, 0.15) is 0 Å². The molecule has 6 heteroatoms. The maximum Gasteiger partial charge on any atom is 0.435 e. The van der Waals surface area contributed by atoms with Gasteiger partial charge in [-0.15, -0.1) is 0 Å². The molecule has 1 aliphatic rings. The van der Waals surface area contributed by atoms with Crippen LogP contribution in [0.3, 0.4) is 0 Å². The van der Waals surface area contributed by atoms with Crippen LogP contribution in [0.4, 0.5) is 0 Å². The Morgan fingerprint density at radius 1 is 1.80 bits per heavy atom. The Labute approximate surface area is 63.3 Å². The van der Waals surface area contributed by atoms with E-state index < -0.39 is 10.8 Å². The second-order valence-electron chi connectivity index (χ2n) is 2.12. The largest absolute Gasteiger partial charge is 0.435 e. The second-order valence-corrected chi connectivity index (χ2v) is 3.14.